The summed E-state index contributed by atoms with van der Waals surface area (Å²) in [5.74, 6) is 0. The van der Waals surface area contributed by atoms with Crippen molar-refractivity contribution in [2.45, 2.75) is 11.8 Å². The van der Waals surface area contributed by atoms with Crippen molar-refractivity contribution in [1.82, 2.24) is 4.98 Å². The summed E-state index contributed by atoms with van der Waals surface area (Å²) in [6.07, 6.45) is 2.98. The fourth-order valence-electron chi connectivity index (χ4n) is 3.90. The number of hydrogen-bond acceptors (Lipinski definition) is 6. The number of fused-ring (bicyclic) bond motifs is 1. The molecule has 3 aromatic rings. The van der Waals surface area contributed by atoms with Crippen molar-refractivity contribution in [2.24, 2.45) is 21.5 Å². The Bertz CT molecular complexity index is 1080. The first-order valence-electron chi connectivity index (χ1n) is 9.82. The molecule has 29 heavy (non-hydrogen) atoms. The van der Waals surface area contributed by atoms with Crippen molar-refractivity contribution in [3.8, 4) is 0 Å². The maximum atomic E-state index is 6.70. The molecule has 0 saturated carbocycles. The maximum Gasteiger partial charge on any atom is 0.170 e. The number of rotatable bonds is 3. The van der Waals surface area contributed by atoms with Gasteiger partial charge in [0.2, 0.25) is 0 Å². The van der Waals surface area contributed by atoms with E-state index in [1.54, 1.807) is 6.21 Å². The Morgan fingerprint density at radius 1 is 1.07 bits per heavy atom. The smallest absolute Gasteiger partial charge is 0.170 e. The lowest BCUT2D eigenvalue weighted by Gasteiger charge is -2.33. The number of aromatic amines is 1. The third-order valence-corrected chi connectivity index (χ3v) is 5.67. The van der Waals surface area contributed by atoms with Crippen LogP contribution in [0.4, 0.5) is 5.69 Å². The molecule has 1 fully saturated rings. The number of morpholine rings is 1. The molecule has 2 unspecified atom stereocenters. The molecule has 7 heteroatoms. The van der Waals surface area contributed by atoms with Crippen LogP contribution in [0.25, 0.3) is 10.9 Å². The summed E-state index contributed by atoms with van der Waals surface area (Å²) in [5.41, 5.74) is 16.6. The molecule has 2 aliphatic rings. The SMILES string of the molecule is NC1N=CC(c2ccc(N3CCOCC3)cc2)=NC1(N)c1ccc2[nH]ccc2c1. The Morgan fingerprint density at radius 2 is 1.86 bits per heavy atom. The number of ether oxygens (including phenoxy) is 1. The number of aliphatic imine (C=N–C) groups is 2. The summed E-state index contributed by atoms with van der Waals surface area (Å²) in [5, 5.41) is 1.07. The second-order valence-corrected chi connectivity index (χ2v) is 7.47. The topological polar surface area (TPSA) is 105 Å². The van der Waals surface area contributed by atoms with Gasteiger partial charge in [-0.15, -0.1) is 0 Å². The van der Waals surface area contributed by atoms with Crippen LogP contribution in [-0.4, -0.2) is 49.4 Å². The molecule has 0 radical (unpaired) electrons. The van der Waals surface area contributed by atoms with Crippen molar-refractivity contribution >= 4 is 28.5 Å². The van der Waals surface area contributed by atoms with Crippen molar-refractivity contribution in [2.75, 3.05) is 31.2 Å². The van der Waals surface area contributed by atoms with Crippen LogP contribution in [0.15, 0.2) is 64.7 Å². The number of nitrogens with one attached hydrogen (secondary N) is 1. The lowest BCUT2D eigenvalue weighted by Crippen LogP contribution is -2.52. The monoisotopic (exact) mass is 388 g/mol. The van der Waals surface area contributed by atoms with E-state index in [4.69, 9.17) is 21.2 Å². The number of aromatic nitrogens is 1. The van der Waals surface area contributed by atoms with Crippen LogP contribution in [0.3, 0.4) is 0 Å². The maximum absolute atomic E-state index is 6.70. The van der Waals surface area contributed by atoms with E-state index in [2.05, 4.69) is 39.1 Å². The van der Waals surface area contributed by atoms with Gasteiger partial charge in [0.15, 0.2) is 5.66 Å². The molecule has 0 amide bonds. The average molecular weight is 388 g/mol. The van der Waals surface area contributed by atoms with Gasteiger partial charge >= 0.3 is 0 Å². The molecule has 0 aliphatic carbocycles. The van der Waals surface area contributed by atoms with Gasteiger partial charge in [-0.1, -0.05) is 18.2 Å². The highest BCUT2D eigenvalue weighted by Gasteiger charge is 2.37. The largest absolute Gasteiger partial charge is 0.378 e. The standard InChI is InChI=1S/C22H24N6O/c23-21-22(24,17-3-6-19-16(13-17)7-8-25-19)27-20(14-26-21)15-1-4-18(5-2-15)28-9-11-29-12-10-28/h1-8,13-14,21,25H,9-12,23-24H2. The van der Waals surface area contributed by atoms with Crippen LogP contribution in [0.1, 0.15) is 11.1 Å². The predicted molar refractivity (Wildman–Crippen MR) is 117 cm³/mol. The number of nitrogens with zero attached hydrogens (tertiary/aromatic N) is 3. The minimum atomic E-state index is -1.11. The average Bonchev–Trinajstić information content (AvgIpc) is 3.24. The number of benzene rings is 2. The molecule has 3 heterocycles. The third kappa shape index (κ3) is 3.23. The minimum Gasteiger partial charge on any atom is -0.378 e. The molecule has 148 valence electrons. The Kier molecular flexibility index (Phi) is 4.43. The van der Waals surface area contributed by atoms with Crippen LogP contribution in [0, 0.1) is 0 Å². The minimum absolute atomic E-state index is 0.643. The molecular weight excluding hydrogens is 364 g/mol. The van der Waals surface area contributed by atoms with Gasteiger partial charge in [0.05, 0.1) is 18.9 Å². The van der Waals surface area contributed by atoms with E-state index < -0.39 is 11.8 Å². The van der Waals surface area contributed by atoms with Crippen molar-refractivity contribution in [3.63, 3.8) is 0 Å². The lowest BCUT2D eigenvalue weighted by atomic mass is 9.94. The molecule has 2 aromatic carbocycles. The Balaban J connectivity index is 1.47. The normalized spacial score (nSPS) is 24.7. The van der Waals surface area contributed by atoms with Crippen LogP contribution in [0.2, 0.25) is 0 Å². The van der Waals surface area contributed by atoms with E-state index in [-0.39, 0.29) is 0 Å². The van der Waals surface area contributed by atoms with Gasteiger partial charge in [-0.25, -0.2) is 0 Å². The number of hydrogen-bond donors (Lipinski definition) is 3. The van der Waals surface area contributed by atoms with E-state index in [1.165, 1.54) is 5.69 Å². The van der Waals surface area contributed by atoms with Crippen LogP contribution < -0.4 is 16.4 Å². The molecular formula is C22H24N6O. The molecule has 2 atom stereocenters. The van der Waals surface area contributed by atoms with Crippen molar-refractivity contribution < 1.29 is 4.74 Å². The summed E-state index contributed by atoms with van der Waals surface area (Å²) >= 11 is 0. The van der Waals surface area contributed by atoms with E-state index in [9.17, 15) is 0 Å². The second-order valence-electron chi connectivity index (χ2n) is 7.47. The molecule has 7 nitrogen and oxygen atoms in total. The highest BCUT2D eigenvalue weighted by atomic mass is 16.5. The lowest BCUT2D eigenvalue weighted by molar-refractivity contribution is 0.122. The molecule has 0 spiro atoms. The zero-order valence-electron chi connectivity index (χ0n) is 16.1. The first-order chi connectivity index (χ1) is 14.1. The fraction of sp³-hybridized carbons (Fsp3) is 0.273. The molecule has 2 aliphatic heterocycles. The number of H-pyrrole nitrogens is 1. The van der Waals surface area contributed by atoms with Crippen LogP contribution >= 0.6 is 0 Å². The van der Waals surface area contributed by atoms with Gasteiger partial charge in [-0.05, 0) is 41.3 Å². The zero-order valence-corrected chi connectivity index (χ0v) is 16.1. The summed E-state index contributed by atoms with van der Waals surface area (Å²) in [4.78, 5) is 14.8. The summed E-state index contributed by atoms with van der Waals surface area (Å²) in [6, 6.07) is 16.3. The molecule has 5 N–H and O–H groups in total. The van der Waals surface area contributed by atoms with Crippen LogP contribution in [-0.2, 0) is 10.4 Å². The molecule has 0 bridgehead atoms. The highest BCUT2D eigenvalue weighted by molar-refractivity contribution is 6.38. The highest BCUT2D eigenvalue weighted by Crippen LogP contribution is 2.30. The van der Waals surface area contributed by atoms with Crippen molar-refractivity contribution in [3.05, 3.63) is 65.9 Å². The first-order valence-corrected chi connectivity index (χ1v) is 9.82. The van der Waals surface area contributed by atoms with Crippen molar-refractivity contribution in [1.29, 1.82) is 0 Å². The van der Waals surface area contributed by atoms with E-state index in [1.807, 2.05) is 30.5 Å². The molecule has 1 saturated heterocycles. The number of nitrogens with two attached hydrogens (primary N) is 2. The zero-order chi connectivity index (χ0) is 19.8. The summed E-state index contributed by atoms with van der Waals surface area (Å²) in [7, 11) is 0. The van der Waals surface area contributed by atoms with Gasteiger partial charge in [-0.2, -0.15) is 0 Å². The van der Waals surface area contributed by atoms with Gasteiger partial charge in [0.25, 0.3) is 0 Å². The molecule has 5 rings (SSSR count). The Labute approximate surface area is 169 Å². The summed E-state index contributed by atoms with van der Waals surface area (Å²) < 4.78 is 5.43. The Hall–Kier alpha value is -3.00. The van der Waals surface area contributed by atoms with Gasteiger partial charge in [0, 0.05) is 42.3 Å². The quantitative estimate of drug-likeness (QED) is 0.638. The predicted octanol–water partition coefficient (Wildman–Crippen LogP) is 1.97. The van der Waals surface area contributed by atoms with E-state index >= 15 is 0 Å². The second kappa shape index (κ2) is 7.11. The fourth-order valence-corrected chi connectivity index (χ4v) is 3.90. The Morgan fingerprint density at radius 3 is 2.66 bits per heavy atom. The van der Waals surface area contributed by atoms with Gasteiger partial charge in [0.1, 0.15) is 6.17 Å². The third-order valence-electron chi connectivity index (χ3n) is 5.67. The van der Waals surface area contributed by atoms with E-state index in [0.717, 1.165) is 54.0 Å². The van der Waals surface area contributed by atoms with Crippen LogP contribution in [0.5, 0.6) is 0 Å². The number of anilines is 1. The summed E-state index contributed by atoms with van der Waals surface area (Å²) in [6.45, 7) is 3.34. The van der Waals surface area contributed by atoms with Gasteiger partial charge < -0.3 is 26.1 Å². The van der Waals surface area contributed by atoms with E-state index in [0.29, 0.717) is 0 Å². The molecule has 1 aromatic heterocycles. The van der Waals surface area contributed by atoms with Gasteiger partial charge in [-0.3, -0.25) is 9.98 Å². The first kappa shape index (κ1) is 18.1.